The second kappa shape index (κ2) is 6.01. The zero-order chi connectivity index (χ0) is 13.1. The SMILES string of the molecule is Cc1cc(C(=O)CC2CCCCC2)c(C)cc1Br. The van der Waals surface area contributed by atoms with E-state index in [2.05, 4.69) is 22.0 Å². The van der Waals surface area contributed by atoms with Gasteiger partial charge in [-0.2, -0.15) is 0 Å². The first-order valence-electron chi connectivity index (χ1n) is 6.88. The van der Waals surface area contributed by atoms with Gasteiger partial charge in [0.25, 0.3) is 0 Å². The van der Waals surface area contributed by atoms with Gasteiger partial charge in [-0.1, -0.05) is 48.0 Å². The van der Waals surface area contributed by atoms with E-state index in [0.717, 1.165) is 27.6 Å². The van der Waals surface area contributed by atoms with Gasteiger partial charge in [-0.25, -0.2) is 0 Å². The van der Waals surface area contributed by atoms with Crippen LogP contribution < -0.4 is 0 Å². The molecule has 0 atom stereocenters. The van der Waals surface area contributed by atoms with Crippen LogP contribution in [0.15, 0.2) is 16.6 Å². The first-order chi connectivity index (χ1) is 8.58. The predicted octanol–water partition coefficient (Wildman–Crippen LogP) is 5.22. The van der Waals surface area contributed by atoms with Crippen molar-refractivity contribution in [2.45, 2.75) is 52.4 Å². The van der Waals surface area contributed by atoms with Gasteiger partial charge in [0.05, 0.1) is 0 Å². The van der Waals surface area contributed by atoms with Crippen molar-refractivity contribution >= 4 is 21.7 Å². The molecule has 1 aromatic rings. The summed E-state index contributed by atoms with van der Waals surface area (Å²) in [6.45, 7) is 4.07. The van der Waals surface area contributed by atoms with Crippen LogP contribution in [0.2, 0.25) is 0 Å². The van der Waals surface area contributed by atoms with Crippen molar-refractivity contribution in [3.63, 3.8) is 0 Å². The van der Waals surface area contributed by atoms with Crippen LogP contribution in [-0.2, 0) is 0 Å². The number of ketones is 1. The summed E-state index contributed by atoms with van der Waals surface area (Å²) in [5, 5.41) is 0. The number of hydrogen-bond acceptors (Lipinski definition) is 1. The number of halogens is 1. The molecule has 98 valence electrons. The minimum atomic E-state index is 0.329. The fourth-order valence-electron chi connectivity index (χ4n) is 2.84. The van der Waals surface area contributed by atoms with E-state index in [0.29, 0.717) is 11.7 Å². The minimum absolute atomic E-state index is 0.329. The average molecular weight is 309 g/mol. The zero-order valence-electron chi connectivity index (χ0n) is 11.3. The van der Waals surface area contributed by atoms with E-state index in [1.165, 1.54) is 32.1 Å². The van der Waals surface area contributed by atoms with Crippen molar-refractivity contribution in [3.05, 3.63) is 33.3 Å². The normalized spacial score (nSPS) is 16.8. The molecular formula is C16H21BrO. The van der Waals surface area contributed by atoms with Gasteiger partial charge in [0, 0.05) is 16.5 Å². The lowest BCUT2D eigenvalue weighted by molar-refractivity contribution is 0.0949. The summed E-state index contributed by atoms with van der Waals surface area (Å²) in [5.41, 5.74) is 3.15. The largest absolute Gasteiger partial charge is 0.294 e. The molecule has 0 bridgehead atoms. The van der Waals surface area contributed by atoms with Crippen LogP contribution in [0.1, 0.15) is 60.0 Å². The topological polar surface area (TPSA) is 17.1 Å². The van der Waals surface area contributed by atoms with Crippen molar-refractivity contribution in [2.75, 3.05) is 0 Å². The molecule has 0 spiro atoms. The zero-order valence-corrected chi connectivity index (χ0v) is 12.8. The Labute approximate surface area is 118 Å². The number of aryl methyl sites for hydroxylation is 2. The second-order valence-electron chi connectivity index (χ2n) is 5.55. The van der Waals surface area contributed by atoms with Crippen molar-refractivity contribution in [1.29, 1.82) is 0 Å². The van der Waals surface area contributed by atoms with Gasteiger partial charge >= 0.3 is 0 Å². The van der Waals surface area contributed by atoms with Gasteiger partial charge in [0.15, 0.2) is 5.78 Å². The molecule has 0 saturated heterocycles. The maximum atomic E-state index is 12.4. The molecule has 0 aromatic heterocycles. The highest BCUT2D eigenvalue weighted by Crippen LogP contribution is 2.29. The summed E-state index contributed by atoms with van der Waals surface area (Å²) < 4.78 is 1.09. The summed E-state index contributed by atoms with van der Waals surface area (Å²) in [4.78, 5) is 12.4. The van der Waals surface area contributed by atoms with Gasteiger partial charge in [-0.3, -0.25) is 4.79 Å². The van der Waals surface area contributed by atoms with E-state index < -0.39 is 0 Å². The van der Waals surface area contributed by atoms with Crippen LogP contribution in [-0.4, -0.2) is 5.78 Å². The van der Waals surface area contributed by atoms with Gasteiger partial charge in [-0.15, -0.1) is 0 Å². The first-order valence-corrected chi connectivity index (χ1v) is 7.67. The number of rotatable bonds is 3. The fourth-order valence-corrected chi connectivity index (χ4v) is 3.30. The Morgan fingerprint density at radius 2 is 1.83 bits per heavy atom. The second-order valence-corrected chi connectivity index (χ2v) is 6.40. The third-order valence-corrected chi connectivity index (χ3v) is 4.86. The Balaban J connectivity index is 2.10. The summed E-state index contributed by atoms with van der Waals surface area (Å²) in [7, 11) is 0. The maximum Gasteiger partial charge on any atom is 0.163 e. The Bertz CT molecular complexity index is 445. The molecule has 0 radical (unpaired) electrons. The Morgan fingerprint density at radius 1 is 1.17 bits per heavy atom. The van der Waals surface area contributed by atoms with Gasteiger partial charge in [0.1, 0.15) is 0 Å². The molecule has 1 fully saturated rings. The number of carbonyl (C=O) groups excluding carboxylic acids is 1. The predicted molar refractivity (Wildman–Crippen MR) is 79.1 cm³/mol. The van der Waals surface area contributed by atoms with Crippen LogP contribution in [0.5, 0.6) is 0 Å². The van der Waals surface area contributed by atoms with Crippen molar-refractivity contribution < 1.29 is 4.79 Å². The molecule has 0 unspecified atom stereocenters. The molecule has 1 nitrogen and oxygen atoms in total. The van der Waals surface area contributed by atoms with E-state index >= 15 is 0 Å². The molecule has 1 aliphatic rings. The van der Waals surface area contributed by atoms with E-state index in [9.17, 15) is 4.79 Å². The lowest BCUT2D eigenvalue weighted by atomic mass is 9.84. The lowest BCUT2D eigenvalue weighted by Gasteiger charge is -2.21. The van der Waals surface area contributed by atoms with E-state index in [1.807, 2.05) is 19.9 Å². The Hall–Kier alpha value is -0.630. The highest BCUT2D eigenvalue weighted by molar-refractivity contribution is 9.10. The quantitative estimate of drug-likeness (QED) is 0.700. The number of benzene rings is 1. The summed E-state index contributed by atoms with van der Waals surface area (Å²) >= 11 is 3.52. The fraction of sp³-hybridized carbons (Fsp3) is 0.562. The molecule has 1 aliphatic carbocycles. The standard InChI is InChI=1S/C16H21BrO/c1-11-9-15(17)12(2)8-14(11)16(18)10-13-6-4-3-5-7-13/h8-9,13H,3-7,10H2,1-2H3. The van der Waals surface area contributed by atoms with Crippen molar-refractivity contribution in [3.8, 4) is 0 Å². The molecular weight excluding hydrogens is 288 g/mol. The van der Waals surface area contributed by atoms with Gasteiger partial charge < -0.3 is 0 Å². The van der Waals surface area contributed by atoms with Gasteiger partial charge in [-0.05, 0) is 43.0 Å². The molecule has 1 aromatic carbocycles. The number of carbonyl (C=O) groups is 1. The highest BCUT2D eigenvalue weighted by Gasteiger charge is 2.19. The number of Topliss-reactive ketones (excluding diaryl/α,β-unsaturated/α-hetero) is 1. The molecule has 18 heavy (non-hydrogen) atoms. The monoisotopic (exact) mass is 308 g/mol. The third kappa shape index (κ3) is 3.23. The molecule has 2 heteroatoms. The summed E-state index contributed by atoms with van der Waals surface area (Å²) in [6.07, 6.45) is 7.16. The average Bonchev–Trinajstić information content (AvgIpc) is 2.35. The smallest absolute Gasteiger partial charge is 0.163 e. The summed E-state index contributed by atoms with van der Waals surface area (Å²) in [6, 6.07) is 4.09. The Kier molecular flexibility index (Phi) is 4.60. The summed E-state index contributed by atoms with van der Waals surface area (Å²) in [5.74, 6) is 0.949. The van der Waals surface area contributed by atoms with E-state index in [4.69, 9.17) is 0 Å². The Morgan fingerprint density at radius 3 is 2.50 bits per heavy atom. The first kappa shape index (κ1) is 13.8. The molecule has 0 amide bonds. The van der Waals surface area contributed by atoms with Crippen molar-refractivity contribution in [2.24, 2.45) is 5.92 Å². The molecule has 0 heterocycles. The molecule has 1 saturated carbocycles. The van der Waals surface area contributed by atoms with Crippen LogP contribution in [0.25, 0.3) is 0 Å². The molecule has 0 aliphatic heterocycles. The third-order valence-electron chi connectivity index (χ3n) is 4.00. The van der Waals surface area contributed by atoms with Crippen molar-refractivity contribution in [1.82, 2.24) is 0 Å². The van der Waals surface area contributed by atoms with Crippen LogP contribution in [0.4, 0.5) is 0 Å². The van der Waals surface area contributed by atoms with Crippen LogP contribution in [0, 0.1) is 19.8 Å². The molecule has 2 rings (SSSR count). The molecule has 0 N–H and O–H groups in total. The van der Waals surface area contributed by atoms with Crippen LogP contribution >= 0.6 is 15.9 Å². The van der Waals surface area contributed by atoms with Gasteiger partial charge in [0.2, 0.25) is 0 Å². The number of hydrogen-bond donors (Lipinski definition) is 0. The van der Waals surface area contributed by atoms with E-state index in [-0.39, 0.29) is 0 Å². The lowest BCUT2D eigenvalue weighted by Crippen LogP contribution is -2.13. The van der Waals surface area contributed by atoms with Crippen LogP contribution in [0.3, 0.4) is 0 Å². The minimum Gasteiger partial charge on any atom is -0.294 e. The highest BCUT2D eigenvalue weighted by atomic mass is 79.9. The maximum absolute atomic E-state index is 12.4. The van der Waals surface area contributed by atoms with E-state index in [1.54, 1.807) is 0 Å².